The van der Waals surface area contributed by atoms with Crippen LogP contribution in [0.3, 0.4) is 0 Å². The van der Waals surface area contributed by atoms with Crippen LogP contribution in [0.25, 0.3) is 0 Å². The second-order valence-corrected chi connectivity index (χ2v) is 9.40. The number of nitrogens with zero attached hydrogens (tertiary/aromatic N) is 3. The zero-order chi connectivity index (χ0) is 24.2. The van der Waals surface area contributed by atoms with Gasteiger partial charge in [0.1, 0.15) is 5.69 Å². The van der Waals surface area contributed by atoms with E-state index in [0.717, 1.165) is 28.4 Å². The molecule has 9 nitrogen and oxygen atoms in total. The Labute approximate surface area is 193 Å². The van der Waals surface area contributed by atoms with Crippen molar-refractivity contribution in [3.8, 4) is 0 Å². The minimum absolute atomic E-state index is 0.0756. The highest BCUT2D eigenvalue weighted by Gasteiger charge is 2.22. The Kier molecular flexibility index (Phi) is 6.98. The van der Waals surface area contributed by atoms with Crippen LogP contribution >= 0.6 is 0 Å². The molecule has 0 atom stereocenters. The number of benzene rings is 3. The molecule has 0 aliphatic heterocycles. The largest absolute Gasteiger partial charge is 0.378 e. The van der Waals surface area contributed by atoms with E-state index >= 15 is 0 Å². The molecule has 0 saturated carbocycles. The number of nitro groups is 1. The SMILES string of the molecule is Cc1ccc(NS(=O)(=O)c2ccc(N/N=C\c3ccc(N(C)C)cc3)c([N+](=O)[O-])c2)c(C)c1. The highest BCUT2D eigenvalue weighted by Crippen LogP contribution is 2.29. The Hall–Kier alpha value is -3.92. The van der Waals surface area contributed by atoms with Gasteiger partial charge < -0.3 is 4.90 Å². The molecule has 0 bridgehead atoms. The van der Waals surface area contributed by atoms with Gasteiger partial charge in [0.15, 0.2) is 0 Å². The van der Waals surface area contributed by atoms with E-state index in [1.807, 2.05) is 56.3 Å². The van der Waals surface area contributed by atoms with Gasteiger partial charge in [-0.1, -0.05) is 29.8 Å². The van der Waals surface area contributed by atoms with Gasteiger partial charge in [-0.25, -0.2) is 8.42 Å². The summed E-state index contributed by atoms with van der Waals surface area (Å²) < 4.78 is 28.1. The molecular formula is C23H25N5O4S. The molecular weight excluding hydrogens is 442 g/mol. The van der Waals surface area contributed by atoms with Crippen molar-refractivity contribution in [3.63, 3.8) is 0 Å². The smallest absolute Gasteiger partial charge is 0.295 e. The Balaban J connectivity index is 1.81. The van der Waals surface area contributed by atoms with E-state index in [2.05, 4.69) is 15.2 Å². The molecule has 3 rings (SSSR count). The van der Waals surface area contributed by atoms with Crippen LogP contribution in [0.5, 0.6) is 0 Å². The van der Waals surface area contributed by atoms with Crippen molar-refractivity contribution in [2.75, 3.05) is 29.1 Å². The maximum atomic E-state index is 12.8. The first-order chi connectivity index (χ1) is 15.6. The summed E-state index contributed by atoms with van der Waals surface area (Å²) >= 11 is 0. The fourth-order valence-corrected chi connectivity index (χ4v) is 4.24. The Morgan fingerprint density at radius 3 is 2.24 bits per heavy atom. The van der Waals surface area contributed by atoms with Gasteiger partial charge in [0.25, 0.3) is 15.7 Å². The first-order valence-corrected chi connectivity index (χ1v) is 11.5. The zero-order valence-corrected chi connectivity index (χ0v) is 19.6. The van der Waals surface area contributed by atoms with Crippen LogP contribution in [0.1, 0.15) is 16.7 Å². The van der Waals surface area contributed by atoms with Crippen molar-refractivity contribution in [1.82, 2.24) is 0 Å². The van der Waals surface area contributed by atoms with Crippen LogP contribution in [-0.2, 0) is 10.0 Å². The summed E-state index contributed by atoms with van der Waals surface area (Å²) in [4.78, 5) is 12.7. The van der Waals surface area contributed by atoms with Crippen molar-refractivity contribution >= 4 is 39.0 Å². The summed E-state index contributed by atoms with van der Waals surface area (Å²) in [5.74, 6) is 0. The molecule has 10 heteroatoms. The lowest BCUT2D eigenvalue weighted by Crippen LogP contribution is -2.14. The minimum atomic E-state index is -4.02. The molecule has 0 heterocycles. The quantitative estimate of drug-likeness (QED) is 0.286. The molecule has 0 saturated heterocycles. The number of aryl methyl sites for hydroxylation is 2. The summed E-state index contributed by atoms with van der Waals surface area (Å²) in [7, 11) is -0.149. The van der Waals surface area contributed by atoms with Gasteiger partial charge in [-0.2, -0.15) is 5.10 Å². The molecule has 2 N–H and O–H groups in total. The van der Waals surface area contributed by atoms with Gasteiger partial charge in [0.05, 0.1) is 21.7 Å². The lowest BCUT2D eigenvalue weighted by atomic mass is 10.1. The number of rotatable bonds is 8. The molecule has 0 aromatic heterocycles. The van der Waals surface area contributed by atoms with Gasteiger partial charge in [-0.3, -0.25) is 20.3 Å². The molecule has 0 radical (unpaired) electrons. The van der Waals surface area contributed by atoms with Crippen LogP contribution in [0.4, 0.5) is 22.7 Å². The standard InChI is InChI=1S/C23H25N5O4S/c1-16-5-11-21(17(2)13-16)26-33(31,32)20-10-12-22(23(14-20)28(29)30)25-24-15-18-6-8-19(9-7-18)27(3)4/h5-15,25-26H,1-4H3/b24-15-. The van der Waals surface area contributed by atoms with E-state index in [1.165, 1.54) is 18.3 Å². The summed E-state index contributed by atoms with van der Waals surface area (Å²) in [6, 6.07) is 16.5. The summed E-state index contributed by atoms with van der Waals surface area (Å²) in [5, 5.41) is 15.6. The Morgan fingerprint density at radius 2 is 1.64 bits per heavy atom. The number of anilines is 3. The number of hydrazone groups is 1. The third kappa shape index (κ3) is 5.86. The van der Waals surface area contributed by atoms with Gasteiger partial charge >= 0.3 is 0 Å². The molecule has 172 valence electrons. The zero-order valence-electron chi connectivity index (χ0n) is 18.7. The molecule has 33 heavy (non-hydrogen) atoms. The number of hydrogen-bond acceptors (Lipinski definition) is 7. The third-order valence-electron chi connectivity index (χ3n) is 4.91. The predicted molar refractivity (Wildman–Crippen MR) is 132 cm³/mol. The summed E-state index contributed by atoms with van der Waals surface area (Å²) in [5.41, 5.74) is 6.28. The van der Waals surface area contributed by atoms with E-state index in [-0.39, 0.29) is 10.6 Å². The molecule has 0 amide bonds. The average Bonchev–Trinajstić information content (AvgIpc) is 2.76. The lowest BCUT2D eigenvalue weighted by molar-refractivity contribution is -0.384. The van der Waals surface area contributed by atoms with E-state index in [0.29, 0.717) is 5.69 Å². The lowest BCUT2D eigenvalue weighted by Gasteiger charge is -2.12. The minimum Gasteiger partial charge on any atom is -0.378 e. The normalized spacial score (nSPS) is 11.4. The molecule has 0 spiro atoms. The van der Waals surface area contributed by atoms with Crippen molar-refractivity contribution in [3.05, 3.63) is 87.5 Å². The predicted octanol–water partition coefficient (Wildman–Crippen LogP) is 4.52. The monoisotopic (exact) mass is 467 g/mol. The van der Waals surface area contributed by atoms with Gasteiger partial charge in [0.2, 0.25) is 0 Å². The van der Waals surface area contributed by atoms with Crippen LogP contribution in [-0.4, -0.2) is 33.7 Å². The number of sulfonamides is 1. The third-order valence-corrected chi connectivity index (χ3v) is 6.27. The average molecular weight is 468 g/mol. The fraction of sp³-hybridized carbons (Fsp3) is 0.174. The first kappa shape index (κ1) is 23.7. The first-order valence-electron chi connectivity index (χ1n) is 10.0. The van der Waals surface area contributed by atoms with Gasteiger partial charge in [-0.15, -0.1) is 0 Å². The number of nitro benzene ring substituents is 1. The molecule has 0 fully saturated rings. The molecule has 0 aliphatic rings. The molecule has 3 aromatic rings. The Bertz CT molecular complexity index is 1300. The van der Waals surface area contributed by atoms with Crippen LogP contribution in [0.2, 0.25) is 0 Å². The van der Waals surface area contributed by atoms with Crippen molar-refractivity contribution in [2.24, 2.45) is 5.10 Å². The summed E-state index contributed by atoms with van der Waals surface area (Å²) in [6.45, 7) is 3.69. The number of hydrogen-bond donors (Lipinski definition) is 2. The van der Waals surface area contributed by atoms with E-state index < -0.39 is 20.6 Å². The summed E-state index contributed by atoms with van der Waals surface area (Å²) in [6.07, 6.45) is 1.52. The topological polar surface area (TPSA) is 117 Å². The maximum Gasteiger partial charge on any atom is 0.295 e. The second kappa shape index (κ2) is 9.70. The fourth-order valence-electron chi connectivity index (χ4n) is 3.09. The highest BCUT2D eigenvalue weighted by atomic mass is 32.2. The van der Waals surface area contributed by atoms with Gasteiger partial charge in [0, 0.05) is 25.8 Å². The van der Waals surface area contributed by atoms with Crippen LogP contribution < -0.4 is 15.0 Å². The molecule has 3 aromatic carbocycles. The van der Waals surface area contributed by atoms with E-state index in [4.69, 9.17) is 0 Å². The van der Waals surface area contributed by atoms with Gasteiger partial charge in [-0.05, 0) is 55.3 Å². The van der Waals surface area contributed by atoms with Crippen LogP contribution in [0.15, 0.2) is 70.7 Å². The maximum absolute atomic E-state index is 12.8. The van der Waals surface area contributed by atoms with Crippen molar-refractivity contribution in [1.29, 1.82) is 0 Å². The highest BCUT2D eigenvalue weighted by molar-refractivity contribution is 7.92. The van der Waals surface area contributed by atoms with Crippen molar-refractivity contribution < 1.29 is 13.3 Å². The Morgan fingerprint density at radius 1 is 0.970 bits per heavy atom. The van der Waals surface area contributed by atoms with E-state index in [1.54, 1.807) is 19.1 Å². The second-order valence-electron chi connectivity index (χ2n) is 7.72. The molecule has 0 aliphatic carbocycles. The van der Waals surface area contributed by atoms with E-state index in [9.17, 15) is 18.5 Å². The number of nitrogens with one attached hydrogen (secondary N) is 2. The van der Waals surface area contributed by atoms with Crippen LogP contribution in [0, 0.1) is 24.0 Å². The van der Waals surface area contributed by atoms with Crippen molar-refractivity contribution in [2.45, 2.75) is 18.7 Å². The molecule has 0 unspecified atom stereocenters.